The number of benzene rings is 1. The van der Waals surface area contributed by atoms with Crippen molar-refractivity contribution in [2.45, 2.75) is 13.1 Å². The van der Waals surface area contributed by atoms with Crippen LogP contribution in [0.4, 0.5) is 0 Å². The number of aromatic nitrogens is 3. The van der Waals surface area contributed by atoms with Crippen molar-refractivity contribution in [2.75, 3.05) is 19.7 Å². The van der Waals surface area contributed by atoms with Crippen molar-refractivity contribution in [1.29, 1.82) is 0 Å². The Morgan fingerprint density at radius 2 is 2.26 bits per heavy atom. The summed E-state index contributed by atoms with van der Waals surface area (Å²) in [6, 6.07) is 7.91. The summed E-state index contributed by atoms with van der Waals surface area (Å²) >= 11 is 3.44. The second-order valence-corrected chi connectivity index (χ2v) is 5.44. The normalized spacial score (nSPS) is 15.2. The number of hydrogen-bond donors (Lipinski definition) is 0. The summed E-state index contributed by atoms with van der Waals surface area (Å²) in [5.41, 5.74) is 0. The lowest BCUT2D eigenvalue weighted by Crippen LogP contribution is -2.36. The monoisotopic (exact) mass is 322 g/mol. The van der Waals surface area contributed by atoms with Gasteiger partial charge in [-0.3, -0.25) is 4.90 Å². The molecule has 100 valence electrons. The van der Waals surface area contributed by atoms with Crippen molar-refractivity contribution >= 4 is 15.9 Å². The van der Waals surface area contributed by atoms with Crippen molar-refractivity contribution in [3.05, 3.63) is 40.9 Å². The van der Waals surface area contributed by atoms with E-state index in [4.69, 9.17) is 4.74 Å². The van der Waals surface area contributed by atoms with Crippen molar-refractivity contribution in [3.63, 3.8) is 0 Å². The molecule has 1 aliphatic heterocycles. The van der Waals surface area contributed by atoms with Gasteiger partial charge in [-0.1, -0.05) is 22.0 Å². The topological polar surface area (TPSA) is 43.2 Å². The van der Waals surface area contributed by atoms with Gasteiger partial charge in [-0.2, -0.15) is 0 Å². The number of rotatable bonds is 4. The van der Waals surface area contributed by atoms with Crippen LogP contribution in [0.15, 0.2) is 35.1 Å². The zero-order valence-corrected chi connectivity index (χ0v) is 12.1. The molecule has 1 aromatic heterocycles. The predicted molar refractivity (Wildman–Crippen MR) is 74.9 cm³/mol. The molecule has 1 aliphatic rings. The average molecular weight is 323 g/mol. The average Bonchev–Trinajstić information content (AvgIpc) is 2.86. The molecule has 0 spiro atoms. The van der Waals surface area contributed by atoms with Crippen molar-refractivity contribution in [1.82, 2.24) is 19.7 Å². The Hall–Kier alpha value is -1.40. The number of hydrogen-bond acceptors (Lipinski definition) is 4. The maximum absolute atomic E-state index is 5.74. The molecule has 2 aromatic rings. The third kappa shape index (κ3) is 3.13. The Labute approximate surface area is 120 Å². The molecule has 0 bridgehead atoms. The smallest absolute Gasteiger partial charge is 0.147 e. The maximum Gasteiger partial charge on any atom is 0.147 e. The number of halogens is 1. The predicted octanol–water partition coefficient (Wildman–Crippen LogP) is 1.94. The number of fused-ring (bicyclic) bond motifs is 1. The van der Waals surface area contributed by atoms with Gasteiger partial charge in [-0.05, 0) is 18.2 Å². The van der Waals surface area contributed by atoms with Crippen LogP contribution < -0.4 is 4.74 Å². The molecule has 0 saturated carbocycles. The van der Waals surface area contributed by atoms with Crippen LogP contribution in [-0.2, 0) is 13.1 Å². The van der Waals surface area contributed by atoms with Gasteiger partial charge < -0.3 is 9.30 Å². The third-order valence-corrected chi connectivity index (χ3v) is 3.68. The van der Waals surface area contributed by atoms with Gasteiger partial charge in [0.1, 0.15) is 24.5 Å². The molecular formula is C13H15BrN4O. The molecular weight excluding hydrogens is 308 g/mol. The molecule has 0 fully saturated rings. The van der Waals surface area contributed by atoms with Gasteiger partial charge in [0, 0.05) is 24.1 Å². The van der Waals surface area contributed by atoms with Crippen LogP contribution in [0.5, 0.6) is 5.75 Å². The van der Waals surface area contributed by atoms with E-state index in [-0.39, 0.29) is 0 Å². The van der Waals surface area contributed by atoms with E-state index in [9.17, 15) is 0 Å². The van der Waals surface area contributed by atoms with Gasteiger partial charge in [0.25, 0.3) is 0 Å². The van der Waals surface area contributed by atoms with E-state index >= 15 is 0 Å². The summed E-state index contributed by atoms with van der Waals surface area (Å²) in [4.78, 5) is 2.34. The largest absolute Gasteiger partial charge is 0.492 e. The molecule has 0 N–H and O–H groups in total. The summed E-state index contributed by atoms with van der Waals surface area (Å²) in [5, 5.41) is 8.03. The molecule has 0 amide bonds. The fourth-order valence-corrected chi connectivity index (χ4v) is 2.53. The minimum atomic E-state index is 0.685. The van der Waals surface area contributed by atoms with Crippen LogP contribution in [0.3, 0.4) is 0 Å². The first-order valence-corrected chi connectivity index (χ1v) is 7.08. The van der Waals surface area contributed by atoms with Gasteiger partial charge in [0.15, 0.2) is 0 Å². The fraction of sp³-hybridized carbons (Fsp3) is 0.385. The zero-order valence-electron chi connectivity index (χ0n) is 10.5. The van der Waals surface area contributed by atoms with E-state index in [0.717, 1.165) is 42.2 Å². The summed E-state index contributed by atoms with van der Waals surface area (Å²) < 4.78 is 8.89. The van der Waals surface area contributed by atoms with Crippen molar-refractivity contribution in [3.8, 4) is 5.75 Å². The highest BCUT2D eigenvalue weighted by Gasteiger charge is 2.16. The highest BCUT2D eigenvalue weighted by molar-refractivity contribution is 9.10. The summed E-state index contributed by atoms with van der Waals surface area (Å²) in [7, 11) is 0. The lowest BCUT2D eigenvalue weighted by Gasteiger charge is -2.26. The molecule has 5 nitrogen and oxygen atoms in total. The van der Waals surface area contributed by atoms with Gasteiger partial charge in [0.05, 0.1) is 6.54 Å². The van der Waals surface area contributed by atoms with E-state index < -0.39 is 0 Å². The van der Waals surface area contributed by atoms with Crippen LogP contribution >= 0.6 is 15.9 Å². The maximum atomic E-state index is 5.74. The van der Waals surface area contributed by atoms with Crippen LogP contribution in [0, 0.1) is 0 Å². The number of nitrogens with zero attached hydrogens (tertiary/aromatic N) is 4. The summed E-state index contributed by atoms with van der Waals surface area (Å²) in [6.45, 7) is 4.41. The zero-order chi connectivity index (χ0) is 13.1. The SMILES string of the molecule is Brc1cccc(OCCN2CCn3cnnc3C2)c1. The van der Waals surface area contributed by atoms with E-state index in [2.05, 4.69) is 35.6 Å². The molecule has 6 heteroatoms. The first-order valence-electron chi connectivity index (χ1n) is 6.29. The lowest BCUT2D eigenvalue weighted by atomic mass is 10.3. The molecule has 1 aromatic carbocycles. The molecule has 0 saturated heterocycles. The van der Waals surface area contributed by atoms with Crippen LogP contribution in [0.2, 0.25) is 0 Å². The van der Waals surface area contributed by atoms with E-state index in [1.807, 2.05) is 24.3 Å². The molecule has 0 atom stereocenters. The van der Waals surface area contributed by atoms with E-state index in [1.165, 1.54) is 0 Å². The minimum absolute atomic E-state index is 0.685. The van der Waals surface area contributed by atoms with Crippen LogP contribution in [0.25, 0.3) is 0 Å². The lowest BCUT2D eigenvalue weighted by molar-refractivity contribution is 0.174. The van der Waals surface area contributed by atoms with Gasteiger partial charge >= 0.3 is 0 Å². The first kappa shape index (κ1) is 12.6. The molecule has 2 heterocycles. The second kappa shape index (κ2) is 5.71. The highest BCUT2D eigenvalue weighted by Crippen LogP contribution is 2.17. The fourth-order valence-electron chi connectivity index (χ4n) is 2.16. The Morgan fingerprint density at radius 3 is 3.16 bits per heavy atom. The van der Waals surface area contributed by atoms with E-state index in [0.29, 0.717) is 6.61 Å². The Morgan fingerprint density at radius 1 is 1.32 bits per heavy atom. The van der Waals surface area contributed by atoms with Crippen LogP contribution in [0.1, 0.15) is 5.82 Å². The first-order chi connectivity index (χ1) is 9.31. The van der Waals surface area contributed by atoms with Gasteiger partial charge in [-0.25, -0.2) is 0 Å². The molecule has 3 rings (SSSR count). The molecule has 0 unspecified atom stereocenters. The standard InChI is InChI=1S/C13H15BrN4O/c14-11-2-1-3-12(8-11)19-7-6-17-4-5-18-10-15-16-13(18)9-17/h1-3,8,10H,4-7,9H2. The minimum Gasteiger partial charge on any atom is -0.492 e. The van der Waals surface area contributed by atoms with E-state index in [1.54, 1.807) is 6.33 Å². The van der Waals surface area contributed by atoms with Gasteiger partial charge in [-0.15, -0.1) is 10.2 Å². The number of ether oxygens (including phenoxy) is 1. The van der Waals surface area contributed by atoms with Crippen LogP contribution in [-0.4, -0.2) is 39.4 Å². The molecule has 0 radical (unpaired) electrons. The second-order valence-electron chi connectivity index (χ2n) is 4.52. The Bertz CT molecular complexity index is 557. The Kier molecular flexibility index (Phi) is 3.79. The third-order valence-electron chi connectivity index (χ3n) is 3.19. The highest BCUT2D eigenvalue weighted by atomic mass is 79.9. The van der Waals surface area contributed by atoms with Crippen molar-refractivity contribution < 1.29 is 4.74 Å². The molecule has 19 heavy (non-hydrogen) atoms. The van der Waals surface area contributed by atoms with Crippen molar-refractivity contribution in [2.24, 2.45) is 0 Å². The van der Waals surface area contributed by atoms with Gasteiger partial charge in [0.2, 0.25) is 0 Å². The summed E-state index contributed by atoms with van der Waals surface area (Å²) in [5.74, 6) is 1.93. The Balaban J connectivity index is 1.49. The molecule has 0 aliphatic carbocycles. The summed E-state index contributed by atoms with van der Waals surface area (Å²) in [6.07, 6.45) is 1.80. The quantitative estimate of drug-likeness (QED) is 0.862.